The Hall–Kier alpha value is -3.35. The Bertz CT molecular complexity index is 1070. The van der Waals surface area contributed by atoms with Crippen molar-refractivity contribution in [3.05, 3.63) is 81.5 Å². The van der Waals surface area contributed by atoms with E-state index in [4.69, 9.17) is 4.74 Å². The standard InChI is InChI=1S/C21H22N4O3/c1-15-4-3-5-17(12-15)13-23-10-11-24-19(20(23)26)22-25(21(24)27)14-16-6-8-18(28-2)9-7-16/h3-9,12H,10-11,13-14H2,1-2H3. The van der Waals surface area contributed by atoms with E-state index in [1.54, 1.807) is 12.0 Å². The summed E-state index contributed by atoms with van der Waals surface area (Å²) >= 11 is 0. The van der Waals surface area contributed by atoms with Gasteiger partial charge < -0.3 is 9.64 Å². The number of carbonyl (C=O) groups is 1. The van der Waals surface area contributed by atoms with Gasteiger partial charge in [0.05, 0.1) is 13.7 Å². The van der Waals surface area contributed by atoms with Crippen molar-refractivity contribution in [2.75, 3.05) is 13.7 Å². The van der Waals surface area contributed by atoms with Crippen molar-refractivity contribution < 1.29 is 9.53 Å². The highest BCUT2D eigenvalue weighted by Crippen LogP contribution is 2.15. The minimum absolute atomic E-state index is 0.206. The van der Waals surface area contributed by atoms with Gasteiger partial charge in [-0.2, -0.15) is 0 Å². The quantitative estimate of drug-likeness (QED) is 0.682. The summed E-state index contributed by atoms with van der Waals surface area (Å²) in [6.07, 6.45) is 0. The Kier molecular flexibility index (Phi) is 4.73. The minimum Gasteiger partial charge on any atom is -0.497 e. The summed E-state index contributed by atoms with van der Waals surface area (Å²) < 4.78 is 7.98. The predicted molar refractivity (Wildman–Crippen MR) is 105 cm³/mol. The first-order chi connectivity index (χ1) is 13.5. The van der Waals surface area contributed by atoms with E-state index in [1.165, 1.54) is 9.25 Å². The molecule has 0 saturated heterocycles. The topological polar surface area (TPSA) is 69.4 Å². The van der Waals surface area contributed by atoms with E-state index in [9.17, 15) is 9.59 Å². The highest BCUT2D eigenvalue weighted by molar-refractivity contribution is 5.91. The van der Waals surface area contributed by atoms with Gasteiger partial charge in [-0.05, 0) is 30.2 Å². The van der Waals surface area contributed by atoms with Crippen molar-refractivity contribution in [2.24, 2.45) is 0 Å². The third-order valence-corrected chi connectivity index (χ3v) is 4.94. The summed E-state index contributed by atoms with van der Waals surface area (Å²) in [4.78, 5) is 27.3. The molecule has 3 aromatic rings. The van der Waals surface area contributed by atoms with E-state index in [2.05, 4.69) is 11.2 Å². The fourth-order valence-corrected chi connectivity index (χ4v) is 3.45. The lowest BCUT2D eigenvalue weighted by molar-refractivity contribution is 0.0681. The summed E-state index contributed by atoms with van der Waals surface area (Å²) in [5.74, 6) is 0.748. The van der Waals surface area contributed by atoms with Crippen LogP contribution in [0, 0.1) is 6.92 Å². The summed E-state index contributed by atoms with van der Waals surface area (Å²) in [7, 11) is 1.61. The number of fused-ring (bicyclic) bond motifs is 1. The summed E-state index contributed by atoms with van der Waals surface area (Å²) in [5, 5.41) is 4.32. The Balaban J connectivity index is 1.55. The smallest absolute Gasteiger partial charge is 0.346 e. The van der Waals surface area contributed by atoms with Crippen LogP contribution in [0.15, 0.2) is 53.3 Å². The Labute approximate surface area is 162 Å². The number of rotatable bonds is 5. The molecule has 0 atom stereocenters. The first kappa shape index (κ1) is 18.0. The zero-order valence-corrected chi connectivity index (χ0v) is 16.0. The van der Waals surface area contributed by atoms with E-state index in [0.29, 0.717) is 26.2 Å². The molecule has 0 aliphatic carbocycles. The summed E-state index contributed by atoms with van der Waals surface area (Å²) in [5.41, 5.74) is 2.89. The third kappa shape index (κ3) is 3.43. The zero-order chi connectivity index (χ0) is 19.7. The minimum atomic E-state index is -0.255. The Morgan fingerprint density at radius 2 is 1.79 bits per heavy atom. The van der Waals surface area contributed by atoms with Crippen molar-refractivity contribution in [2.45, 2.75) is 26.6 Å². The van der Waals surface area contributed by atoms with Gasteiger partial charge in [-0.1, -0.05) is 42.0 Å². The molecule has 4 rings (SSSR count). The molecule has 0 fully saturated rings. The van der Waals surface area contributed by atoms with Crippen LogP contribution in [0.25, 0.3) is 0 Å². The molecule has 1 aliphatic rings. The second kappa shape index (κ2) is 7.34. The maximum atomic E-state index is 12.9. The SMILES string of the molecule is COc1ccc(Cn2nc3n(c2=O)CCN(Cc2cccc(C)c2)C3=O)cc1. The van der Waals surface area contributed by atoms with Crippen LogP contribution in [0.4, 0.5) is 0 Å². The van der Waals surface area contributed by atoms with Crippen LogP contribution < -0.4 is 10.4 Å². The van der Waals surface area contributed by atoms with Gasteiger partial charge in [0.2, 0.25) is 5.82 Å². The number of ether oxygens (including phenoxy) is 1. The molecular formula is C21H22N4O3. The lowest BCUT2D eigenvalue weighted by atomic mass is 10.1. The highest BCUT2D eigenvalue weighted by atomic mass is 16.5. The molecule has 0 radical (unpaired) electrons. The van der Waals surface area contributed by atoms with Crippen LogP contribution in [-0.2, 0) is 19.6 Å². The Morgan fingerprint density at radius 3 is 2.50 bits per heavy atom. The maximum absolute atomic E-state index is 12.9. The third-order valence-electron chi connectivity index (χ3n) is 4.94. The first-order valence-corrected chi connectivity index (χ1v) is 9.20. The van der Waals surface area contributed by atoms with Crippen LogP contribution in [0.5, 0.6) is 5.75 Å². The normalized spacial score (nSPS) is 13.5. The van der Waals surface area contributed by atoms with Crippen molar-refractivity contribution in [3.63, 3.8) is 0 Å². The molecule has 0 unspecified atom stereocenters. The second-order valence-electron chi connectivity index (χ2n) is 6.98. The lowest BCUT2D eigenvalue weighted by Crippen LogP contribution is -2.42. The van der Waals surface area contributed by atoms with Crippen molar-refractivity contribution in [3.8, 4) is 5.75 Å². The Morgan fingerprint density at radius 1 is 1.00 bits per heavy atom. The van der Waals surface area contributed by atoms with Crippen LogP contribution in [0.3, 0.4) is 0 Å². The zero-order valence-electron chi connectivity index (χ0n) is 16.0. The van der Waals surface area contributed by atoms with Crippen LogP contribution in [-0.4, -0.2) is 38.8 Å². The van der Waals surface area contributed by atoms with E-state index >= 15 is 0 Å². The van der Waals surface area contributed by atoms with E-state index < -0.39 is 0 Å². The number of amides is 1. The molecule has 2 aromatic carbocycles. The number of aromatic nitrogens is 3. The van der Waals surface area contributed by atoms with Gasteiger partial charge in [-0.25, -0.2) is 9.48 Å². The molecule has 7 heteroatoms. The maximum Gasteiger partial charge on any atom is 0.346 e. The van der Waals surface area contributed by atoms with E-state index in [0.717, 1.165) is 22.4 Å². The van der Waals surface area contributed by atoms with Gasteiger partial charge in [0.25, 0.3) is 5.91 Å². The van der Waals surface area contributed by atoms with Gasteiger partial charge in [-0.15, -0.1) is 5.10 Å². The molecule has 2 heterocycles. The molecule has 28 heavy (non-hydrogen) atoms. The number of aryl methyl sites for hydroxylation is 1. The molecule has 144 valence electrons. The van der Waals surface area contributed by atoms with Crippen molar-refractivity contribution in [1.29, 1.82) is 0 Å². The molecule has 0 N–H and O–H groups in total. The predicted octanol–water partition coefficient (Wildman–Crippen LogP) is 2.07. The van der Waals surface area contributed by atoms with Gasteiger partial charge >= 0.3 is 5.69 Å². The van der Waals surface area contributed by atoms with Crippen LogP contribution in [0.1, 0.15) is 27.3 Å². The summed E-state index contributed by atoms with van der Waals surface area (Å²) in [6, 6.07) is 15.5. The number of nitrogens with zero attached hydrogens (tertiary/aromatic N) is 4. The van der Waals surface area contributed by atoms with Crippen LogP contribution in [0.2, 0.25) is 0 Å². The number of carbonyl (C=O) groups excluding carboxylic acids is 1. The number of benzene rings is 2. The molecule has 7 nitrogen and oxygen atoms in total. The molecule has 1 amide bonds. The molecule has 0 bridgehead atoms. The monoisotopic (exact) mass is 378 g/mol. The molecule has 1 aliphatic heterocycles. The number of methoxy groups -OCH3 is 1. The number of hydrogen-bond donors (Lipinski definition) is 0. The summed E-state index contributed by atoms with van der Waals surface area (Å²) in [6.45, 7) is 3.80. The largest absolute Gasteiger partial charge is 0.497 e. The van der Waals surface area contributed by atoms with Gasteiger partial charge in [0, 0.05) is 19.6 Å². The average molecular weight is 378 g/mol. The second-order valence-corrected chi connectivity index (χ2v) is 6.98. The molecule has 0 spiro atoms. The van der Waals surface area contributed by atoms with Crippen molar-refractivity contribution >= 4 is 5.91 Å². The first-order valence-electron chi connectivity index (χ1n) is 9.20. The average Bonchev–Trinajstić information content (AvgIpc) is 3.01. The lowest BCUT2D eigenvalue weighted by Gasteiger charge is -2.26. The van der Waals surface area contributed by atoms with Gasteiger partial charge in [-0.3, -0.25) is 9.36 Å². The molecule has 1 aromatic heterocycles. The fourth-order valence-electron chi connectivity index (χ4n) is 3.45. The van der Waals surface area contributed by atoms with E-state index in [1.807, 2.05) is 49.4 Å². The van der Waals surface area contributed by atoms with Crippen molar-refractivity contribution in [1.82, 2.24) is 19.2 Å². The fraction of sp³-hybridized carbons (Fsp3) is 0.286. The highest BCUT2D eigenvalue weighted by Gasteiger charge is 2.29. The number of hydrogen-bond acceptors (Lipinski definition) is 4. The van der Waals surface area contributed by atoms with Crippen LogP contribution >= 0.6 is 0 Å². The van der Waals surface area contributed by atoms with Gasteiger partial charge in [0.15, 0.2) is 0 Å². The van der Waals surface area contributed by atoms with E-state index in [-0.39, 0.29) is 17.4 Å². The molecule has 0 saturated carbocycles. The van der Waals surface area contributed by atoms with Gasteiger partial charge in [0.1, 0.15) is 5.75 Å². The molecular weight excluding hydrogens is 356 g/mol.